The number of amides is 2. The zero-order chi connectivity index (χ0) is 24.0. The van der Waals surface area contributed by atoms with Gasteiger partial charge in [-0.15, -0.1) is 22.9 Å². The molecule has 4 atom stereocenters. The summed E-state index contributed by atoms with van der Waals surface area (Å²) in [6.07, 6.45) is 6.63. The summed E-state index contributed by atoms with van der Waals surface area (Å²) in [5.74, 6) is -2.48. The topological polar surface area (TPSA) is 115 Å². The van der Waals surface area contributed by atoms with Crippen LogP contribution in [0.25, 0.3) is 10.4 Å². The van der Waals surface area contributed by atoms with Crippen molar-refractivity contribution in [3.63, 3.8) is 0 Å². The Morgan fingerprint density at radius 1 is 1.26 bits per heavy atom. The molecule has 180 valence electrons. The van der Waals surface area contributed by atoms with Crippen molar-refractivity contribution < 1.29 is 23.5 Å². The van der Waals surface area contributed by atoms with Crippen LogP contribution < -0.4 is 5.73 Å². The molecule has 0 spiro atoms. The van der Waals surface area contributed by atoms with E-state index >= 15 is 0 Å². The number of aromatic nitrogens is 2. The number of halogens is 2. The van der Waals surface area contributed by atoms with E-state index in [2.05, 4.69) is 9.97 Å². The maximum atomic E-state index is 14.1. The fourth-order valence-electron chi connectivity index (χ4n) is 5.40. The van der Waals surface area contributed by atoms with E-state index in [9.17, 15) is 18.8 Å². The van der Waals surface area contributed by atoms with Crippen LogP contribution in [-0.2, 0) is 14.3 Å². The van der Waals surface area contributed by atoms with Gasteiger partial charge in [-0.05, 0) is 24.8 Å². The number of rotatable bonds is 5. The fraction of sp³-hybridized carbons (Fsp3) is 0.522. The number of hydrogen-bond donors (Lipinski definition) is 1. The number of likely N-dealkylation sites (tertiary alicyclic amines) is 1. The second-order valence-corrected chi connectivity index (χ2v) is 10.6. The lowest BCUT2D eigenvalue weighted by molar-refractivity contribution is -0.139. The van der Waals surface area contributed by atoms with Gasteiger partial charge < -0.3 is 15.4 Å². The molecule has 0 bridgehead atoms. The molecule has 0 unspecified atom stereocenters. The van der Waals surface area contributed by atoms with Crippen molar-refractivity contribution in [3.8, 4) is 10.4 Å². The number of ketones is 1. The van der Waals surface area contributed by atoms with Crippen LogP contribution in [0.1, 0.15) is 53.5 Å². The Balaban J connectivity index is 1.61. The van der Waals surface area contributed by atoms with Gasteiger partial charge in [0.25, 0.3) is 5.91 Å². The molecule has 0 aromatic carbocycles. The molecule has 5 rings (SSSR count). The number of nitrogens with zero attached hydrogens (tertiary/aromatic N) is 3. The molecule has 1 saturated carbocycles. The van der Waals surface area contributed by atoms with Crippen LogP contribution in [-0.4, -0.2) is 63.1 Å². The van der Waals surface area contributed by atoms with Crippen LogP contribution in [0.5, 0.6) is 0 Å². The molecule has 2 amide bonds. The molecule has 0 radical (unpaired) electrons. The first-order chi connectivity index (χ1) is 16.3. The van der Waals surface area contributed by atoms with Crippen molar-refractivity contribution in [1.82, 2.24) is 14.9 Å². The average molecular weight is 507 g/mol. The lowest BCUT2D eigenvalue weighted by atomic mass is 9.77. The number of alkyl halides is 1. The Morgan fingerprint density at radius 2 is 2.03 bits per heavy atom. The second kappa shape index (κ2) is 9.31. The summed E-state index contributed by atoms with van der Waals surface area (Å²) in [7, 11) is 0. The van der Waals surface area contributed by atoms with Crippen molar-refractivity contribution in [2.24, 2.45) is 11.7 Å². The monoisotopic (exact) mass is 506 g/mol. The van der Waals surface area contributed by atoms with Crippen molar-refractivity contribution in [3.05, 3.63) is 35.0 Å². The van der Waals surface area contributed by atoms with Gasteiger partial charge in [-0.1, -0.05) is 19.3 Å². The minimum absolute atomic E-state index is 0.0395. The lowest BCUT2D eigenvalue weighted by Crippen LogP contribution is -2.45. The van der Waals surface area contributed by atoms with Gasteiger partial charge in [-0.2, -0.15) is 0 Å². The molecule has 8 nitrogen and oxygen atoms in total. The van der Waals surface area contributed by atoms with E-state index in [1.165, 1.54) is 17.2 Å². The van der Waals surface area contributed by atoms with Gasteiger partial charge in [0, 0.05) is 18.3 Å². The number of carbonyl (C=O) groups is 3. The molecule has 3 fully saturated rings. The predicted molar refractivity (Wildman–Crippen MR) is 123 cm³/mol. The number of thiazole rings is 1. The van der Waals surface area contributed by atoms with Gasteiger partial charge in [0.2, 0.25) is 5.91 Å². The molecular formula is C23H24ClFN4O4S. The number of fused-ring (bicyclic) bond motifs is 1. The molecule has 2 aliphatic heterocycles. The molecular weight excluding hydrogens is 483 g/mol. The number of Topliss-reactive ketones (excluding diaryl/α,β-unsaturated/α-hetero) is 1. The van der Waals surface area contributed by atoms with Crippen LogP contribution in [0, 0.1) is 11.7 Å². The number of nitrogens with two attached hydrogens (primary N) is 1. The standard InChI is InChI=1S/C23H24ClFN4O4S/c24-14-9-29(18-15(30)10-33-19(14)18)23(32)16(11-4-2-1-3-5-11)17-20(34-22(28-17)21(26)31)12-6-13(25)8-27-7-12/h6-8,11,14,16,18-19H,1-5,9-10H2,(H2,26,31)/t14-,16-,18+,19+/m0/s1. The Kier molecular flexibility index (Phi) is 6.39. The van der Waals surface area contributed by atoms with Crippen LogP contribution in [0.2, 0.25) is 0 Å². The zero-order valence-corrected chi connectivity index (χ0v) is 19.9. The van der Waals surface area contributed by atoms with Crippen molar-refractivity contribution in [2.75, 3.05) is 13.2 Å². The maximum Gasteiger partial charge on any atom is 0.277 e. The summed E-state index contributed by atoms with van der Waals surface area (Å²) in [4.78, 5) is 49.2. The summed E-state index contributed by atoms with van der Waals surface area (Å²) >= 11 is 7.47. The van der Waals surface area contributed by atoms with E-state index in [-0.39, 0.29) is 35.8 Å². The number of ether oxygens (including phenoxy) is 1. The number of hydrogen-bond acceptors (Lipinski definition) is 7. The van der Waals surface area contributed by atoms with Gasteiger partial charge in [0.05, 0.1) is 28.1 Å². The number of pyridine rings is 1. The fourth-order valence-corrected chi connectivity index (χ4v) is 6.71. The Labute approximate surface area is 204 Å². The van der Waals surface area contributed by atoms with Crippen LogP contribution in [0.3, 0.4) is 0 Å². The quantitative estimate of drug-likeness (QED) is 0.623. The van der Waals surface area contributed by atoms with Crippen LogP contribution >= 0.6 is 22.9 Å². The average Bonchev–Trinajstić information content (AvgIpc) is 3.51. The van der Waals surface area contributed by atoms with Gasteiger partial charge in [-0.3, -0.25) is 19.4 Å². The van der Waals surface area contributed by atoms with Crippen molar-refractivity contribution in [2.45, 2.75) is 55.5 Å². The predicted octanol–water partition coefficient (Wildman–Crippen LogP) is 2.89. The first-order valence-corrected chi connectivity index (χ1v) is 12.6. The molecule has 2 aromatic rings. The Hall–Kier alpha value is -2.43. The number of primary amides is 1. The number of carbonyl (C=O) groups excluding carboxylic acids is 3. The first kappa shape index (κ1) is 23.3. The smallest absolute Gasteiger partial charge is 0.277 e. The van der Waals surface area contributed by atoms with Gasteiger partial charge in [0.15, 0.2) is 10.8 Å². The summed E-state index contributed by atoms with van der Waals surface area (Å²) < 4.78 is 19.6. The highest BCUT2D eigenvalue weighted by Gasteiger charge is 2.53. The van der Waals surface area contributed by atoms with Crippen LogP contribution in [0.4, 0.5) is 4.39 Å². The van der Waals surface area contributed by atoms with Crippen LogP contribution in [0.15, 0.2) is 18.5 Å². The van der Waals surface area contributed by atoms with E-state index < -0.39 is 35.2 Å². The molecule has 4 heterocycles. The third-order valence-corrected chi connectivity index (χ3v) is 8.44. The maximum absolute atomic E-state index is 14.1. The Morgan fingerprint density at radius 3 is 2.74 bits per heavy atom. The molecule has 1 aliphatic carbocycles. The minimum atomic E-state index is -0.727. The van der Waals surface area contributed by atoms with E-state index in [1.54, 1.807) is 0 Å². The third kappa shape index (κ3) is 4.12. The van der Waals surface area contributed by atoms with Crippen molar-refractivity contribution >= 4 is 40.5 Å². The highest BCUT2D eigenvalue weighted by Crippen LogP contribution is 2.44. The molecule has 2 aromatic heterocycles. The van der Waals surface area contributed by atoms with E-state index in [0.29, 0.717) is 16.1 Å². The molecule has 2 N–H and O–H groups in total. The largest absolute Gasteiger partial charge is 0.366 e. The van der Waals surface area contributed by atoms with E-state index in [0.717, 1.165) is 49.6 Å². The highest BCUT2D eigenvalue weighted by molar-refractivity contribution is 7.17. The van der Waals surface area contributed by atoms with Crippen molar-refractivity contribution in [1.29, 1.82) is 0 Å². The SMILES string of the molecule is NC(=O)c1nc([C@@H](C(=O)N2C[C@H](Cl)[C@H]3OCC(=O)[C@H]32)C2CCCCC2)c(-c2cncc(F)c2)s1. The summed E-state index contributed by atoms with van der Waals surface area (Å²) in [6.45, 7) is 0.119. The third-order valence-electron chi connectivity index (χ3n) is 6.92. The summed E-state index contributed by atoms with van der Waals surface area (Å²) in [5, 5.41) is -0.450. The highest BCUT2D eigenvalue weighted by atomic mass is 35.5. The molecule has 11 heteroatoms. The Bertz CT molecular complexity index is 1140. The van der Waals surface area contributed by atoms with E-state index in [1.807, 2.05) is 0 Å². The summed E-state index contributed by atoms with van der Waals surface area (Å²) in [6, 6.07) is 0.571. The molecule has 3 aliphatic rings. The van der Waals surface area contributed by atoms with E-state index in [4.69, 9.17) is 22.1 Å². The van der Waals surface area contributed by atoms with Gasteiger partial charge >= 0.3 is 0 Å². The normalized spacial score (nSPS) is 26.0. The zero-order valence-electron chi connectivity index (χ0n) is 18.3. The lowest BCUT2D eigenvalue weighted by Gasteiger charge is -2.33. The summed E-state index contributed by atoms with van der Waals surface area (Å²) in [5.41, 5.74) is 6.33. The first-order valence-electron chi connectivity index (χ1n) is 11.4. The minimum Gasteiger partial charge on any atom is -0.366 e. The molecule has 34 heavy (non-hydrogen) atoms. The second-order valence-electron chi connectivity index (χ2n) is 9.06. The van der Waals surface area contributed by atoms with Gasteiger partial charge in [0.1, 0.15) is 24.6 Å². The molecule has 2 saturated heterocycles. The van der Waals surface area contributed by atoms with Gasteiger partial charge in [-0.25, -0.2) is 9.37 Å².